The van der Waals surface area contributed by atoms with E-state index >= 15 is 0 Å². The van der Waals surface area contributed by atoms with Crippen molar-refractivity contribution in [3.05, 3.63) is 35.4 Å². The maximum atomic E-state index is 9.25. The Bertz CT molecular complexity index is 395. The molecule has 1 heterocycles. The summed E-state index contributed by atoms with van der Waals surface area (Å²) in [7, 11) is 0. The molecule has 17 heavy (non-hydrogen) atoms. The molecule has 3 N–H and O–H groups in total. The summed E-state index contributed by atoms with van der Waals surface area (Å²) in [5.74, 6) is 0.770. The second kappa shape index (κ2) is 6.61. The van der Waals surface area contributed by atoms with Gasteiger partial charge in [0, 0.05) is 13.1 Å². The summed E-state index contributed by atoms with van der Waals surface area (Å²) in [5, 5.41) is 15.5. The average Bonchev–Trinajstić information content (AvgIpc) is 2.28. The second-order valence-corrected chi connectivity index (χ2v) is 4.07. The van der Waals surface area contributed by atoms with Crippen LogP contribution in [0.1, 0.15) is 11.1 Å². The predicted molar refractivity (Wildman–Crippen MR) is 74.7 cm³/mol. The second-order valence-electron chi connectivity index (χ2n) is 4.07. The molecule has 1 aliphatic heterocycles. The number of aliphatic hydroxyl groups excluding tert-OH is 1. The van der Waals surface area contributed by atoms with Crippen molar-refractivity contribution < 1.29 is 5.11 Å². The zero-order valence-corrected chi connectivity index (χ0v) is 11.5. The summed E-state index contributed by atoms with van der Waals surface area (Å²) >= 11 is 0. The van der Waals surface area contributed by atoms with Crippen LogP contribution < -0.4 is 10.6 Å². The SMILES string of the molecule is Br.Cc1cccc(CNC2=NCC(O)CN2)c1. The maximum Gasteiger partial charge on any atom is 0.191 e. The van der Waals surface area contributed by atoms with Gasteiger partial charge in [-0.25, -0.2) is 0 Å². The van der Waals surface area contributed by atoms with Gasteiger partial charge >= 0.3 is 0 Å². The molecule has 4 nitrogen and oxygen atoms in total. The monoisotopic (exact) mass is 299 g/mol. The van der Waals surface area contributed by atoms with E-state index in [0.29, 0.717) is 13.1 Å². The minimum Gasteiger partial charge on any atom is -0.389 e. The van der Waals surface area contributed by atoms with Crippen LogP contribution in [0.3, 0.4) is 0 Å². The fraction of sp³-hybridized carbons (Fsp3) is 0.417. The van der Waals surface area contributed by atoms with Crippen molar-refractivity contribution in [2.24, 2.45) is 4.99 Å². The first-order valence-corrected chi connectivity index (χ1v) is 5.50. The van der Waals surface area contributed by atoms with Gasteiger partial charge in [-0.05, 0) is 12.5 Å². The first-order chi connectivity index (χ1) is 7.74. The Morgan fingerprint density at radius 3 is 3.00 bits per heavy atom. The van der Waals surface area contributed by atoms with Crippen LogP contribution >= 0.6 is 17.0 Å². The summed E-state index contributed by atoms with van der Waals surface area (Å²) in [6, 6.07) is 8.35. The number of guanidine groups is 1. The van der Waals surface area contributed by atoms with Gasteiger partial charge < -0.3 is 15.7 Å². The minimum absolute atomic E-state index is 0. The number of nitrogens with zero attached hydrogens (tertiary/aromatic N) is 1. The van der Waals surface area contributed by atoms with E-state index in [-0.39, 0.29) is 23.1 Å². The van der Waals surface area contributed by atoms with Gasteiger partial charge in [-0.3, -0.25) is 4.99 Å². The third kappa shape index (κ3) is 4.36. The number of aliphatic imine (C=N–C) groups is 1. The van der Waals surface area contributed by atoms with Gasteiger partial charge in [0.25, 0.3) is 0 Å². The zero-order valence-electron chi connectivity index (χ0n) is 9.81. The van der Waals surface area contributed by atoms with Gasteiger partial charge in [0.05, 0.1) is 12.6 Å². The van der Waals surface area contributed by atoms with Gasteiger partial charge in [0.1, 0.15) is 0 Å². The molecule has 1 aromatic rings. The Kier molecular flexibility index (Phi) is 5.44. The third-order valence-corrected chi connectivity index (χ3v) is 2.51. The highest BCUT2D eigenvalue weighted by atomic mass is 79.9. The molecule has 0 saturated heterocycles. The van der Waals surface area contributed by atoms with Crippen molar-refractivity contribution >= 4 is 22.9 Å². The lowest BCUT2D eigenvalue weighted by molar-refractivity contribution is 0.180. The summed E-state index contributed by atoms with van der Waals surface area (Å²) in [4.78, 5) is 4.19. The van der Waals surface area contributed by atoms with Crippen molar-refractivity contribution in [3.63, 3.8) is 0 Å². The van der Waals surface area contributed by atoms with Gasteiger partial charge in [-0.1, -0.05) is 29.8 Å². The fourth-order valence-electron chi connectivity index (χ4n) is 1.66. The number of β-amino-alcohol motifs (C(OH)–C–C–N with tert-alkyl or cyclic N) is 1. The van der Waals surface area contributed by atoms with Gasteiger partial charge in [-0.15, -0.1) is 17.0 Å². The average molecular weight is 300 g/mol. The van der Waals surface area contributed by atoms with E-state index in [4.69, 9.17) is 0 Å². The molecule has 0 fully saturated rings. The number of hydrogen-bond acceptors (Lipinski definition) is 4. The zero-order chi connectivity index (χ0) is 11.4. The van der Waals surface area contributed by atoms with Gasteiger partial charge in [-0.2, -0.15) is 0 Å². The third-order valence-electron chi connectivity index (χ3n) is 2.51. The number of benzene rings is 1. The van der Waals surface area contributed by atoms with Crippen molar-refractivity contribution in [3.8, 4) is 0 Å². The Balaban J connectivity index is 0.00000144. The van der Waals surface area contributed by atoms with E-state index in [9.17, 15) is 5.11 Å². The molecule has 1 unspecified atom stereocenters. The van der Waals surface area contributed by atoms with Crippen LogP contribution in [0.5, 0.6) is 0 Å². The number of nitrogens with one attached hydrogen (secondary N) is 2. The Hall–Kier alpha value is -1.07. The molecule has 0 saturated carbocycles. The van der Waals surface area contributed by atoms with Crippen molar-refractivity contribution in [2.75, 3.05) is 13.1 Å². The van der Waals surface area contributed by atoms with E-state index in [1.54, 1.807) is 0 Å². The van der Waals surface area contributed by atoms with Crippen LogP contribution in [-0.2, 0) is 6.54 Å². The molecule has 1 aromatic carbocycles. The van der Waals surface area contributed by atoms with E-state index < -0.39 is 0 Å². The number of hydrogen-bond donors (Lipinski definition) is 3. The molecule has 0 radical (unpaired) electrons. The molecule has 0 amide bonds. The normalized spacial score (nSPS) is 18.7. The van der Waals surface area contributed by atoms with Crippen molar-refractivity contribution in [1.82, 2.24) is 10.6 Å². The molecule has 0 aromatic heterocycles. The molecular weight excluding hydrogens is 282 g/mol. The molecule has 0 aliphatic carbocycles. The number of aryl methyl sites for hydroxylation is 1. The lowest BCUT2D eigenvalue weighted by Crippen LogP contribution is -2.45. The lowest BCUT2D eigenvalue weighted by atomic mass is 10.1. The van der Waals surface area contributed by atoms with Crippen LogP contribution in [0.15, 0.2) is 29.3 Å². The molecule has 94 valence electrons. The van der Waals surface area contributed by atoms with Crippen molar-refractivity contribution in [2.45, 2.75) is 19.6 Å². The Morgan fingerprint density at radius 1 is 1.53 bits per heavy atom. The minimum atomic E-state index is -0.357. The highest BCUT2D eigenvalue weighted by Crippen LogP contribution is 2.03. The van der Waals surface area contributed by atoms with Gasteiger partial charge in [0.2, 0.25) is 0 Å². The lowest BCUT2D eigenvalue weighted by Gasteiger charge is -2.19. The van der Waals surface area contributed by atoms with Crippen LogP contribution in [0.25, 0.3) is 0 Å². The highest BCUT2D eigenvalue weighted by Gasteiger charge is 2.10. The van der Waals surface area contributed by atoms with E-state index in [1.807, 2.05) is 6.07 Å². The summed E-state index contributed by atoms with van der Waals surface area (Å²) in [6.07, 6.45) is -0.357. The van der Waals surface area contributed by atoms with Crippen molar-refractivity contribution in [1.29, 1.82) is 0 Å². The highest BCUT2D eigenvalue weighted by molar-refractivity contribution is 8.93. The first-order valence-electron chi connectivity index (χ1n) is 5.50. The topological polar surface area (TPSA) is 56.7 Å². The molecule has 5 heteroatoms. The Morgan fingerprint density at radius 2 is 2.35 bits per heavy atom. The number of aliphatic hydroxyl groups is 1. The largest absolute Gasteiger partial charge is 0.389 e. The molecule has 0 bridgehead atoms. The van der Waals surface area contributed by atoms with Crippen LogP contribution in [-0.4, -0.2) is 30.3 Å². The molecule has 2 rings (SSSR count). The summed E-state index contributed by atoms with van der Waals surface area (Å²) < 4.78 is 0. The molecule has 0 spiro atoms. The molecule has 1 atom stereocenters. The quantitative estimate of drug-likeness (QED) is 0.763. The van der Waals surface area contributed by atoms with E-state index in [0.717, 1.165) is 12.5 Å². The molecular formula is C12H18BrN3O. The number of halogens is 1. The Labute approximate surface area is 112 Å². The van der Waals surface area contributed by atoms with E-state index in [1.165, 1.54) is 11.1 Å². The molecule has 1 aliphatic rings. The standard InChI is InChI=1S/C12H17N3O.BrH/c1-9-3-2-4-10(5-9)6-13-12-14-7-11(16)8-15-12;/h2-5,11,16H,6-8H2,1H3,(H2,13,14,15);1H. The van der Waals surface area contributed by atoms with E-state index in [2.05, 4.69) is 40.7 Å². The van der Waals surface area contributed by atoms with Crippen LogP contribution in [0, 0.1) is 6.92 Å². The summed E-state index contributed by atoms with van der Waals surface area (Å²) in [6.45, 7) is 3.88. The first kappa shape index (κ1) is 14.0. The maximum absolute atomic E-state index is 9.25. The van der Waals surface area contributed by atoms with Gasteiger partial charge in [0.15, 0.2) is 5.96 Å². The smallest absolute Gasteiger partial charge is 0.191 e. The summed E-state index contributed by atoms with van der Waals surface area (Å²) in [5.41, 5.74) is 2.49. The number of rotatable bonds is 2. The van der Waals surface area contributed by atoms with Crippen LogP contribution in [0.4, 0.5) is 0 Å². The fourth-order valence-corrected chi connectivity index (χ4v) is 1.66. The van der Waals surface area contributed by atoms with Crippen LogP contribution in [0.2, 0.25) is 0 Å². The predicted octanol–water partition coefficient (Wildman–Crippen LogP) is 0.983.